The van der Waals surface area contributed by atoms with Crippen LogP contribution in [-0.4, -0.2) is 44.1 Å². The van der Waals surface area contributed by atoms with Gasteiger partial charge in [-0.3, -0.25) is 4.79 Å². The second-order valence-electron chi connectivity index (χ2n) is 7.95. The van der Waals surface area contributed by atoms with Crippen LogP contribution in [0.15, 0.2) is 36.4 Å². The van der Waals surface area contributed by atoms with E-state index in [1.807, 2.05) is 31.2 Å². The van der Waals surface area contributed by atoms with Gasteiger partial charge in [-0.2, -0.15) is 9.78 Å². The van der Waals surface area contributed by atoms with Gasteiger partial charge in [-0.05, 0) is 56.0 Å². The van der Waals surface area contributed by atoms with E-state index in [4.69, 9.17) is 0 Å². The van der Waals surface area contributed by atoms with E-state index in [0.717, 1.165) is 35.7 Å². The summed E-state index contributed by atoms with van der Waals surface area (Å²) < 4.78 is 1.67. The maximum atomic E-state index is 12.5. The Labute approximate surface area is 174 Å². The molecular weight excluding hydrogens is 380 g/mol. The van der Waals surface area contributed by atoms with Gasteiger partial charge >= 0.3 is 0 Å². The molecule has 3 aromatic rings. The largest absolute Gasteiger partial charge is 0.508 e. The van der Waals surface area contributed by atoms with Crippen LogP contribution in [0.2, 0.25) is 0 Å². The molecule has 1 fully saturated rings. The monoisotopic (exact) mass is 404 g/mol. The number of carbonyl (C=O) groups excluding carboxylic acids is 1. The highest BCUT2D eigenvalue weighted by Crippen LogP contribution is 2.40. The van der Waals surface area contributed by atoms with Crippen LogP contribution >= 0.6 is 0 Å². The zero-order valence-corrected chi connectivity index (χ0v) is 16.9. The van der Waals surface area contributed by atoms with Gasteiger partial charge in [0.2, 0.25) is 5.91 Å². The van der Waals surface area contributed by atoms with Crippen molar-refractivity contribution in [1.29, 1.82) is 0 Å². The van der Waals surface area contributed by atoms with Crippen molar-refractivity contribution in [3.8, 4) is 11.6 Å². The van der Waals surface area contributed by atoms with Crippen molar-refractivity contribution >= 4 is 17.5 Å². The molecule has 5 rings (SSSR count). The lowest BCUT2D eigenvalue weighted by Gasteiger charge is -2.27. The smallest absolute Gasteiger partial charge is 0.226 e. The molecule has 2 aliphatic heterocycles. The molecule has 2 aliphatic rings. The first-order valence-electron chi connectivity index (χ1n) is 10.4. The normalized spacial score (nSPS) is 18.8. The fourth-order valence-electron chi connectivity index (χ4n) is 4.43. The molecule has 0 unspecified atom stereocenters. The van der Waals surface area contributed by atoms with Gasteiger partial charge in [0.25, 0.3) is 0 Å². The Morgan fingerprint density at radius 2 is 1.70 bits per heavy atom. The highest BCUT2D eigenvalue weighted by molar-refractivity contribution is 5.95. The molecule has 0 aliphatic carbocycles. The molecular formula is C22H24N6O2. The Morgan fingerprint density at radius 3 is 2.40 bits per heavy atom. The lowest BCUT2D eigenvalue weighted by molar-refractivity contribution is -0.116. The third-order valence-corrected chi connectivity index (χ3v) is 5.93. The quantitative estimate of drug-likeness (QED) is 0.696. The van der Waals surface area contributed by atoms with E-state index in [-0.39, 0.29) is 17.6 Å². The predicted octanol–water partition coefficient (Wildman–Crippen LogP) is 3.14. The topological polar surface area (TPSA) is 96.2 Å². The van der Waals surface area contributed by atoms with E-state index in [1.165, 1.54) is 19.3 Å². The summed E-state index contributed by atoms with van der Waals surface area (Å²) in [5, 5.41) is 26.1. The molecule has 8 heteroatoms. The van der Waals surface area contributed by atoms with Gasteiger partial charge in [-0.15, -0.1) is 10.2 Å². The number of fused-ring (bicyclic) bond motifs is 1. The molecule has 1 atom stereocenters. The summed E-state index contributed by atoms with van der Waals surface area (Å²) in [6.45, 7) is 3.96. The summed E-state index contributed by atoms with van der Waals surface area (Å²) in [6, 6.07) is 10.9. The molecule has 0 saturated carbocycles. The molecule has 1 aromatic carbocycles. The fourth-order valence-corrected chi connectivity index (χ4v) is 4.43. The summed E-state index contributed by atoms with van der Waals surface area (Å²) >= 11 is 0. The number of phenolic OH excluding ortho intramolecular Hbond substituents is 1. The van der Waals surface area contributed by atoms with Gasteiger partial charge in [0.1, 0.15) is 11.6 Å². The zero-order chi connectivity index (χ0) is 20.7. The minimum absolute atomic E-state index is 0.0698. The van der Waals surface area contributed by atoms with Crippen LogP contribution in [0.4, 0.5) is 11.6 Å². The number of carbonyl (C=O) groups is 1. The number of piperidine rings is 1. The number of anilines is 2. The van der Waals surface area contributed by atoms with Crippen molar-refractivity contribution in [3.05, 3.63) is 53.2 Å². The van der Waals surface area contributed by atoms with Crippen LogP contribution in [0, 0.1) is 6.92 Å². The molecule has 4 heterocycles. The van der Waals surface area contributed by atoms with Gasteiger partial charge in [-0.25, -0.2) is 0 Å². The van der Waals surface area contributed by atoms with Crippen LogP contribution in [0.25, 0.3) is 5.82 Å². The van der Waals surface area contributed by atoms with E-state index < -0.39 is 0 Å². The highest BCUT2D eigenvalue weighted by atomic mass is 16.3. The van der Waals surface area contributed by atoms with Crippen LogP contribution < -0.4 is 10.2 Å². The molecule has 8 nitrogen and oxygen atoms in total. The van der Waals surface area contributed by atoms with E-state index in [0.29, 0.717) is 18.1 Å². The zero-order valence-electron chi connectivity index (χ0n) is 16.9. The average molecular weight is 404 g/mol. The standard InChI is InChI=1S/C22H24N6O2/c1-14-21-17(15-5-7-16(29)8-6-15)13-20(30)23-22(21)28(26-14)19-10-9-18(24-25-19)27-11-3-2-4-12-27/h5-10,17,29H,2-4,11-13H2,1H3,(H,23,30)/t17-/m1/s1. The molecule has 0 radical (unpaired) electrons. The Bertz CT molecular complexity index is 1070. The first-order chi connectivity index (χ1) is 14.6. The second kappa shape index (κ2) is 7.44. The molecule has 1 saturated heterocycles. The summed E-state index contributed by atoms with van der Waals surface area (Å²) in [5.74, 6) is 2.11. The van der Waals surface area contributed by atoms with Gasteiger partial charge in [0.05, 0.1) is 5.69 Å². The number of aryl methyl sites for hydroxylation is 1. The Kier molecular flexibility index (Phi) is 4.61. The maximum Gasteiger partial charge on any atom is 0.226 e. The summed E-state index contributed by atoms with van der Waals surface area (Å²) in [4.78, 5) is 14.7. The van der Waals surface area contributed by atoms with E-state index >= 15 is 0 Å². The highest BCUT2D eigenvalue weighted by Gasteiger charge is 2.33. The van der Waals surface area contributed by atoms with Crippen LogP contribution in [-0.2, 0) is 4.79 Å². The molecule has 30 heavy (non-hydrogen) atoms. The van der Waals surface area contributed by atoms with Crippen molar-refractivity contribution < 1.29 is 9.90 Å². The van der Waals surface area contributed by atoms with Crippen LogP contribution in [0.1, 0.15) is 48.4 Å². The van der Waals surface area contributed by atoms with Crippen LogP contribution in [0.5, 0.6) is 5.75 Å². The lowest BCUT2D eigenvalue weighted by atomic mass is 9.86. The summed E-state index contributed by atoms with van der Waals surface area (Å²) in [7, 11) is 0. The van der Waals surface area contributed by atoms with Crippen molar-refractivity contribution in [3.63, 3.8) is 0 Å². The average Bonchev–Trinajstić information content (AvgIpc) is 3.10. The number of phenols is 1. The minimum Gasteiger partial charge on any atom is -0.508 e. The Hall–Kier alpha value is -3.42. The number of nitrogens with one attached hydrogen (secondary N) is 1. The molecule has 1 amide bonds. The number of hydrogen-bond donors (Lipinski definition) is 2. The predicted molar refractivity (Wildman–Crippen MR) is 113 cm³/mol. The van der Waals surface area contributed by atoms with Gasteiger partial charge in [0.15, 0.2) is 11.6 Å². The number of aromatic nitrogens is 4. The first kappa shape index (κ1) is 18.6. The number of amides is 1. The van der Waals surface area contributed by atoms with Crippen molar-refractivity contribution in [2.24, 2.45) is 0 Å². The molecule has 0 bridgehead atoms. The molecule has 0 spiro atoms. The van der Waals surface area contributed by atoms with Crippen LogP contribution in [0.3, 0.4) is 0 Å². The second-order valence-corrected chi connectivity index (χ2v) is 7.95. The SMILES string of the molecule is Cc1nn(-c2ccc(N3CCCCC3)nn2)c2c1[C@@H](c1ccc(O)cc1)CC(=O)N2. The van der Waals surface area contributed by atoms with Crippen molar-refractivity contribution in [2.45, 2.75) is 38.5 Å². The first-order valence-corrected chi connectivity index (χ1v) is 10.4. The van der Waals surface area contributed by atoms with Crippen molar-refractivity contribution in [1.82, 2.24) is 20.0 Å². The van der Waals surface area contributed by atoms with Gasteiger partial charge in [0, 0.05) is 31.0 Å². The lowest BCUT2D eigenvalue weighted by Crippen LogP contribution is -2.30. The molecule has 2 aromatic heterocycles. The number of benzene rings is 1. The van der Waals surface area contributed by atoms with Gasteiger partial charge < -0.3 is 15.3 Å². The maximum absolute atomic E-state index is 12.5. The number of rotatable bonds is 3. The summed E-state index contributed by atoms with van der Waals surface area (Å²) in [5.41, 5.74) is 2.78. The number of nitrogens with zero attached hydrogens (tertiary/aromatic N) is 5. The van der Waals surface area contributed by atoms with Crippen molar-refractivity contribution in [2.75, 3.05) is 23.3 Å². The number of hydrogen-bond acceptors (Lipinski definition) is 6. The fraction of sp³-hybridized carbons (Fsp3) is 0.364. The van der Waals surface area contributed by atoms with E-state index in [1.54, 1.807) is 16.8 Å². The van der Waals surface area contributed by atoms with E-state index in [2.05, 4.69) is 25.5 Å². The third-order valence-electron chi connectivity index (χ3n) is 5.93. The Morgan fingerprint density at radius 1 is 1.00 bits per heavy atom. The molecule has 2 N–H and O–H groups in total. The van der Waals surface area contributed by atoms with Gasteiger partial charge in [-0.1, -0.05) is 12.1 Å². The number of aromatic hydroxyl groups is 1. The van der Waals surface area contributed by atoms with E-state index in [9.17, 15) is 9.90 Å². The Balaban J connectivity index is 1.51. The molecule has 154 valence electrons. The minimum atomic E-state index is -0.122. The summed E-state index contributed by atoms with van der Waals surface area (Å²) in [6.07, 6.45) is 3.96. The third kappa shape index (κ3) is 3.28.